The van der Waals surface area contributed by atoms with E-state index in [1.807, 2.05) is 0 Å². The number of rotatable bonds is 3. The molecule has 1 aliphatic heterocycles. The third-order valence-corrected chi connectivity index (χ3v) is 4.25. The fourth-order valence-corrected chi connectivity index (χ4v) is 2.85. The quantitative estimate of drug-likeness (QED) is 0.546. The molecule has 0 aliphatic carbocycles. The fraction of sp³-hybridized carbons (Fsp3) is 0.727. The van der Waals surface area contributed by atoms with Crippen molar-refractivity contribution in [2.45, 2.75) is 49.2 Å². The molecule has 0 spiro atoms. The van der Waals surface area contributed by atoms with E-state index in [2.05, 4.69) is 15.9 Å². The number of carbonyl (C=O) groups is 3. The van der Waals surface area contributed by atoms with E-state index in [9.17, 15) is 29.7 Å². The predicted molar refractivity (Wildman–Crippen MR) is 65.5 cm³/mol. The molecule has 0 amide bonds. The molecule has 0 aromatic heterocycles. The molecule has 1 rings (SSSR count). The molecule has 0 aromatic rings. The van der Waals surface area contributed by atoms with E-state index < -0.39 is 45.8 Å². The SMILES string of the molecule is CC(=O)C1O[C@H](Br)[C@](O)(C(C)=O)[C@H](O)[C@@]1(O)C(C)=O. The normalized spacial score (nSPS) is 42.8. The Kier molecular flexibility index (Phi) is 4.33. The number of hydrogen-bond acceptors (Lipinski definition) is 7. The molecular weight excluding hydrogens is 324 g/mol. The molecule has 19 heavy (non-hydrogen) atoms. The topological polar surface area (TPSA) is 121 Å². The minimum absolute atomic E-state index is 0.716. The average Bonchev–Trinajstić information content (AvgIpc) is 2.30. The summed E-state index contributed by atoms with van der Waals surface area (Å²) in [6.07, 6.45) is -3.87. The zero-order chi connectivity index (χ0) is 15.2. The van der Waals surface area contributed by atoms with Crippen LogP contribution in [0.2, 0.25) is 0 Å². The predicted octanol–water partition coefficient (Wildman–Crippen LogP) is -1.30. The summed E-state index contributed by atoms with van der Waals surface area (Å²) in [5.74, 6) is -2.62. The Morgan fingerprint density at radius 3 is 1.79 bits per heavy atom. The van der Waals surface area contributed by atoms with Gasteiger partial charge in [0.15, 0.2) is 39.7 Å². The minimum Gasteiger partial charge on any atom is -0.386 e. The highest BCUT2D eigenvalue weighted by atomic mass is 79.9. The van der Waals surface area contributed by atoms with Gasteiger partial charge in [-0.15, -0.1) is 0 Å². The van der Waals surface area contributed by atoms with Gasteiger partial charge in [0.25, 0.3) is 0 Å². The maximum absolute atomic E-state index is 11.6. The summed E-state index contributed by atoms with van der Waals surface area (Å²) in [4.78, 5) is 34.5. The number of alkyl halides is 1. The Bertz CT molecular complexity index is 437. The molecule has 108 valence electrons. The van der Waals surface area contributed by atoms with E-state index in [0.29, 0.717) is 0 Å². The first-order valence-electron chi connectivity index (χ1n) is 5.45. The van der Waals surface area contributed by atoms with Crippen molar-refractivity contribution >= 4 is 33.3 Å². The third-order valence-electron chi connectivity index (χ3n) is 3.33. The highest BCUT2D eigenvalue weighted by Gasteiger charge is 2.67. The summed E-state index contributed by atoms with van der Waals surface area (Å²) in [6, 6.07) is 0. The maximum atomic E-state index is 11.6. The molecule has 0 bridgehead atoms. The van der Waals surface area contributed by atoms with Crippen molar-refractivity contribution in [1.29, 1.82) is 0 Å². The van der Waals surface area contributed by atoms with Crippen molar-refractivity contribution in [3.8, 4) is 0 Å². The second kappa shape index (κ2) is 5.02. The molecular formula is C11H15BrO7. The van der Waals surface area contributed by atoms with Crippen molar-refractivity contribution in [2.24, 2.45) is 0 Å². The second-order valence-corrected chi connectivity index (χ2v) is 5.44. The summed E-state index contributed by atoms with van der Waals surface area (Å²) in [5, 5.41) is 29.1. The number of aliphatic hydroxyl groups excluding tert-OH is 1. The van der Waals surface area contributed by atoms with Gasteiger partial charge in [-0.2, -0.15) is 0 Å². The van der Waals surface area contributed by atoms with Gasteiger partial charge in [-0.1, -0.05) is 15.9 Å². The molecule has 0 saturated carbocycles. The van der Waals surface area contributed by atoms with Gasteiger partial charge in [0, 0.05) is 0 Å². The molecule has 7 nitrogen and oxygen atoms in total. The van der Waals surface area contributed by atoms with E-state index in [-0.39, 0.29) is 0 Å². The van der Waals surface area contributed by atoms with Crippen LogP contribution in [0.4, 0.5) is 0 Å². The van der Waals surface area contributed by atoms with Crippen LogP contribution in [0.25, 0.3) is 0 Å². The smallest absolute Gasteiger partial charge is 0.188 e. The second-order valence-electron chi connectivity index (χ2n) is 4.61. The third kappa shape index (κ3) is 2.17. The van der Waals surface area contributed by atoms with E-state index >= 15 is 0 Å². The van der Waals surface area contributed by atoms with Gasteiger partial charge in [0.2, 0.25) is 0 Å². The van der Waals surface area contributed by atoms with Crippen LogP contribution >= 0.6 is 15.9 Å². The summed E-state index contributed by atoms with van der Waals surface area (Å²) in [7, 11) is 0. The lowest BCUT2D eigenvalue weighted by Gasteiger charge is -2.49. The van der Waals surface area contributed by atoms with E-state index in [0.717, 1.165) is 20.8 Å². The largest absolute Gasteiger partial charge is 0.386 e. The lowest BCUT2D eigenvalue weighted by atomic mass is 9.73. The Hall–Kier alpha value is -0.670. The molecule has 8 heteroatoms. The van der Waals surface area contributed by atoms with Crippen LogP contribution in [0.3, 0.4) is 0 Å². The number of ketones is 3. The monoisotopic (exact) mass is 338 g/mol. The average molecular weight is 339 g/mol. The van der Waals surface area contributed by atoms with Crippen LogP contribution in [0.1, 0.15) is 20.8 Å². The first kappa shape index (κ1) is 16.4. The molecule has 1 unspecified atom stereocenters. The Morgan fingerprint density at radius 2 is 1.47 bits per heavy atom. The summed E-state index contributed by atoms with van der Waals surface area (Å²) < 4.78 is 5.04. The molecule has 1 aliphatic rings. The molecule has 0 radical (unpaired) electrons. The summed E-state index contributed by atoms with van der Waals surface area (Å²) >= 11 is 2.83. The Labute approximate surface area is 117 Å². The number of halogens is 1. The van der Waals surface area contributed by atoms with E-state index in [1.165, 1.54) is 0 Å². The molecule has 5 atom stereocenters. The van der Waals surface area contributed by atoms with Gasteiger partial charge < -0.3 is 20.1 Å². The number of aliphatic hydroxyl groups is 3. The van der Waals surface area contributed by atoms with Gasteiger partial charge in [-0.25, -0.2) is 0 Å². The zero-order valence-electron chi connectivity index (χ0n) is 10.6. The first-order valence-corrected chi connectivity index (χ1v) is 6.37. The van der Waals surface area contributed by atoms with Crippen molar-refractivity contribution in [2.75, 3.05) is 0 Å². The highest BCUT2D eigenvalue weighted by Crippen LogP contribution is 2.40. The number of carbonyl (C=O) groups excluding carboxylic acids is 3. The van der Waals surface area contributed by atoms with E-state index in [4.69, 9.17) is 4.74 Å². The number of ether oxygens (including phenoxy) is 1. The van der Waals surface area contributed by atoms with Crippen LogP contribution in [0.15, 0.2) is 0 Å². The number of Topliss-reactive ketones (excluding diaryl/α,β-unsaturated/α-hetero) is 3. The number of hydrogen-bond donors (Lipinski definition) is 3. The van der Waals surface area contributed by atoms with Gasteiger partial charge in [0.1, 0.15) is 6.10 Å². The fourth-order valence-electron chi connectivity index (χ4n) is 2.07. The molecule has 1 heterocycles. The Balaban J connectivity index is 3.43. The Morgan fingerprint density at radius 1 is 1.05 bits per heavy atom. The lowest BCUT2D eigenvalue weighted by molar-refractivity contribution is -0.262. The van der Waals surface area contributed by atoms with Crippen LogP contribution in [0.5, 0.6) is 0 Å². The standard InChI is InChI=1S/C11H15BrO7/c1-4(13)7-10(17,5(2)14)8(16)11(18,6(3)15)9(12)19-7/h7-9,16-18H,1-3H3/t7?,8-,9+,10-,11+/m1/s1. The van der Waals surface area contributed by atoms with Crippen molar-refractivity contribution in [3.63, 3.8) is 0 Å². The highest BCUT2D eigenvalue weighted by molar-refractivity contribution is 9.09. The van der Waals surface area contributed by atoms with Crippen LogP contribution in [-0.4, -0.2) is 61.1 Å². The maximum Gasteiger partial charge on any atom is 0.188 e. The van der Waals surface area contributed by atoms with Crippen LogP contribution in [-0.2, 0) is 19.1 Å². The molecule has 0 aromatic carbocycles. The zero-order valence-corrected chi connectivity index (χ0v) is 12.2. The lowest BCUT2D eigenvalue weighted by Crippen LogP contribution is -2.76. The van der Waals surface area contributed by atoms with Crippen LogP contribution in [0, 0.1) is 0 Å². The van der Waals surface area contributed by atoms with Gasteiger partial charge >= 0.3 is 0 Å². The summed E-state index contributed by atoms with van der Waals surface area (Å²) in [6.45, 7) is 2.95. The van der Waals surface area contributed by atoms with Crippen molar-refractivity contribution < 1.29 is 34.4 Å². The van der Waals surface area contributed by atoms with Crippen molar-refractivity contribution in [3.05, 3.63) is 0 Å². The summed E-state index contributed by atoms with van der Waals surface area (Å²) in [5.41, 5.74) is -5.22. The minimum atomic E-state index is -2.68. The van der Waals surface area contributed by atoms with Gasteiger partial charge in [0.05, 0.1) is 0 Å². The van der Waals surface area contributed by atoms with Gasteiger partial charge in [-0.05, 0) is 20.8 Å². The van der Waals surface area contributed by atoms with Crippen molar-refractivity contribution in [1.82, 2.24) is 0 Å². The first-order chi connectivity index (χ1) is 8.50. The van der Waals surface area contributed by atoms with Gasteiger partial charge in [-0.3, -0.25) is 14.4 Å². The van der Waals surface area contributed by atoms with E-state index in [1.54, 1.807) is 0 Å². The molecule has 1 saturated heterocycles. The molecule has 1 fully saturated rings. The van der Waals surface area contributed by atoms with Crippen LogP contribution < -0.4 is 0 Å². The molecule has 3 N–H and O–H groups in total.